The molecule has 0 radical (unpaired) electrons. The first-order valence-corrected chi connectivity index (χ1v) is 9.56. The van der Waals surface area contributed by atoms with Crippen molar-refractivity contribution in [2.24, 2.45) is 4.99 Å². The monoisotopic (exact) mass is 407 g/mol. The third-order valence-corrected chi connectivity index (χ3v) is 4.83. The van der Waals surface area contributed by atoms with E-state index in [1.54, 1.807) is 50.1 Å². The number of carbonyl (C=O) groups is 1. The topological polar surface area (TPSA) is 86.0 Å². The van der Waals surface area contributed by atoms with Gasteiger partial charge in [-0.2, -0.15) is 0 Å². The van der Waals surface area contributed by atoms with Gasteiger partial charge in [0.25, 0.3) is 5.91 Å². The number of hydrogen-bond acceptors (Lipinski definition) is 7. The smallest absolute Gasteiger partial charge is 0.262 e. The highest BCUT2D eigenvalue weighted by Crippen LogP contribution is 2.26. The lowest BCUT2D eigenvalue weighted by atomic mass is 10.1. The molecule has 2 aromatic heterocycles. The van der Waals surface area contributed by atoms with Crippen LogP contribution in [-0.4, -0.2) is 25.1 Å². The number of carbonyl (C=O) groups excluding carboxylic acids is 1. The lowest BCUT2D eigenvalue weighted by molar-refractivity contribution is 0.102. The fourth-order valence-electron chi connectivity index (χ4n) is 2.78. The number of aromatic nitrogens is 1. The maximum absolute atomic E-state index is 12.9. The second-order valence-corrected chi connectivity index (χ2v) is 6.84. The summed E-state index contributed by atoms with van der Waals surface area (Å²) in [7, 11) is 3.14. The van der Waals surface area contributed by atoms with E-state index >= 15 is 0 Å². The first kappa shape index (κ1) is 18.7. The van der Waals surface area contributed by atoms with E-state index in [0.29, 0.717) is 27.9 Å². The van der Waals surface area contributed by atoms with Crippen molar-refractivity contribution < 1.29 is 18.7 Å². The number of rotatable bonds is 5. The van der Waals surface area contributed by atoms with Crippen LogP contribution in [0, 0.1) is 0 Å². The number of fused-ring (bicyclic) bond motifs is 1. The van der Waals surface area contributed by atoms with Gasteiger partial charge in [-0.05, 0) is 24.3 Å². The molecule has 0 saturated carbocycles. The molecule has 0 aliphatic carbocycles. The molecule has 0 unspecified atom stereocenters. The summed E-state index contributed by atoms with van der Waals surface area (Å²) in [5.41, 5.74) is 1.53. The highest BCUT2D eigenvalue weighted by Gasteiger charge is 2.16. The molecule has 1 N–H and O–H groups in total. The molecular weight excluding hydrogens is 390 g/mol. The van der Waals surface area contributed by atoms with Gasteiger partial charge in [0.2, 0.25) is 5.55 Å². The first-order chi connectivity index (χ1) is 14.2. The summed E-state index contributed by atoms with van der Waals surface area (Å²) in [6, 6.07) is 14.4. The summed E-state index contributed by atoms with van der Waals surface area (Å²) in [4.78, 5) is 21.6. The number of anilines is 1. The van der Waals surface area contributed by atoms with Crippen LogP contribution in [0.15, 0.2) is 69.5 Å². The summed E-state index contributed by atoms with van der Waals surface area (Å²) in [5.74, 6) is 0.838. The number of para-hydroxylation sites is 1. The standard InChI is InChI=1S/C21H17N3O4S/c1-26-15-7-4-6-14(12-15)23-20-16(19(25)24-21-22-9-10-29-21)11-13-5-3-8-17(27-2)18(13)28-20/h3-12H,1-2H3,(H,22,24,25). The van der Waals surface area contributed by atoms with Crippen molar-refractivity contribution in [1.82, 2.24) is 4.98 Å². The summed E-state index contributed by atoms with van der Waals surface area (Å²) >= 11 is 1.33. The molecule has 0 aliphatic rings. The lowest BCUT2D eigenvalue weighted by Gasteiger charge is -2.08. The highest BCUT2D eigenvalue weighted by atomic mass is 32.1. The Hall–Kier alpha value is -3.65. The van der Waals surface area contributed by atoms with Crippen LogP contribution >= 0.6 is 11.3 Å². The fourth-order valence-corrected chi connectivity index (χ4v) is 3.30. The van der Waals surface area contributed by atoms with Gasteiger partial charge in [-0.3, -0.25) is 10.1 Å². The minimum Gasteiger partial charge on any atom is -0.497 e. The van der Waals surface area contributed by atoms with Gasteiger partial charge in [0.1, 0.15) is 11.3 Å². The Morgan fingerprint density at radius 1 is 1.14 bits per heavy atom. The molecule has 2 heterocycles. The van der Waals surface area contributed by atoms with Crippen LogP contribution < -0.4 is 20.3 Å². The molecule has 0 aliphatic heterocycles. The number of thiazole rings is 1. The van der Waals surface area contributed by atoms with E-state index in [0.717, 1.165) is 5.39 Å². The van der Waals surface area contributed by atoms with Crippen molar-refractivity contribution >= 4 is 39.0 Å². The molecule has 7 nitrogen and oxygen atoms in total. The molecule has 2 aromatic carbocycles. The van der Waals surface area contributed by atoms with Gasteiger partial charge >= 0.3 is 0 Å². The number of amides is 1. The molecule has 29 heavy (non-hydrogen) atoms. The van der Waals surface area contributed by atoms with Crippen molar-refractivity contribution in [2.45, 2.75) is 0 Å². The normalized spacial score (nSPS) is 11.4. The zero-order valence-electron chi connectivity index (χ0n) is 15.7. The Morgan fingerprint density at radius 2 is 2.00 bits per heavy atom. The van der Waals surface area contributed by atoms with Gasteiger partial charge < -0.3 is 13.9 Å². The number of methoxy groups -OCH3 is 2. The van der Waals surface area contributed by atoms with E-state index in [9.17, 15) is 4.79 Å². The van der Waals surface area contributed by atoms with E-state index in [4.69, 9.17) is 13.9 Å². The van der Waals surface area contributed by atoms with Crippen molar-refractivity contribution in [1.29, 1.82) is 0 Å². The third-order valence-electron chi connectivity index (χ3n) is 4.14. The van der Waals surface area contributed by atoms with Crippen LogP contribution in [0.4, 0.5) is 10.8 Å². The van der Waals surface area contributed by atoms with Crippen LogP contribution in [0.3, 0.4) is 0 Å². The molecule has 1 amide bonds. The Balaban J connectivity index is 1.91. The van der Waals surface area contributed by atoms with Gasteiger partial charge in [0, 0.05) is 23.0 Å². The largest absolute Gasteiger partial charge is 0.497 e. The number of nitrogens with one attached hydrogen (secondary N) is 1. The lowest BCUT2D eigenvalue weighted by Crippen LogP contribution is -2.21. The summed E-state index contributed by atoms with van der Waals surface area (Å²) in [5, 5.41) is 5.77. The van der Waals surface area contributed by atoms with Crippen LogP contribution in [0.1, 0.15) is 10.4 Å². The first-order valence-electron chi connectivity index (χ1n) is 8.68. The van der Waals surface area contributed by atoms with Gasteiger partial charge in [-0.1, -0.05) is 18.2 Å². The van der Waals surface area contributed by atoms with E-state index < -0.39 is 0 Å². The van der Waals surface area contributed by atoms with Crippen molar-refractivity contribution in [3.05, 3.63) is 71.2 Å². The maximum atomic E-state index is 12.9. The predicted molar refractivity (Wildman–Crippen MR) is 111 cm³/mol. The molecular formula is C21H17N3O4S. The quantitative estimate of drug-likeness (QED) is 0.530. The molecule has 8 heteroatoms. The molecule has 0 spiro atoms. The van der Waals surface area contributed by atoms with Crippen LogP contribution in [0.25, 0.3) is 11.0 Å². The van der Waals surface area contributed by atoms with Gasteiger partial charge in [0.15, 0.2) is 16.5 Å². The SMILES string of the molecule is COc1cccc(N=c2oc3c(OC)cccc3cc2C(=O)Nc2nccs2)c1. The minimum atomic E-state index is -0.366. The fraction of sp³-hybridized carbons (Fsp3) is 0.0952. The molecule has 0 bridgehead atoms. The predicted octanol–water partition coefficient (Wildman–Crippen LogP) is 4.39. The average molecular weight is 407 g/mol. The number of benzene rings is 2. The van der Waals surface area contributed by atoms with Gasteiger partial charge in [-0.25, -0.2) is 9.98 Å². The van der Waals surface area contributed by atoms with Crippen molar-refractivity contribution in [2.75, 3.05) is 19.5 Å². The average Bonchev–Trinajstić information content (AvgIpc) is 3.26. The molecule has 0 saturated heterocycles. The number of hydrogen-bond donors (Lipinski definition) is 1. The van der Waals surface area contributed by atoms with Crippen LogP contribution in [0.2, 0.25) is 0 Å². The zero-order chi connectivity index (χ0) is 20.2. The zero-order valence-corrected chi connectivity index (χ0v) is 16.5. The van der Waals surface area contributed by atoms with Gasteiger partial charge in [0.05, 0.1) is 19.9 Å². The molecule has 0 fully saturated rings. The molecule has 0 atom stereocenters. The Kier molecular flexibility index (Phi) is 5.26. The van der Waals surface area contributed by atoms with Crippen molar-refractivity contribution in [3.63, 3.8) is 0 Å². The van der Waals surface area contributed by atoms with Gasteiger partial charge in [-0.15, -0.1) is 11.3 Å². The number of ether oxygens (including phenoxy) is 2. The Bertz CT molecular complexity index is 1230. The maximum Gasteiger partial charge on any atom is 0.262 e. The number of nitrogens with zero attached hydrogens (tertiary/aromatic N) is 2. The van der Waals surface area contributed by atoms with Crippen LogP contribution in [0.5, 0.6) is 11.5 Å². The molecule has 4 rings (SSSR count). The van der Waals surface area contributed by atoms with Crippen molar-refractivity contribution in [3.8, 4) is 11.5 Å². The Morgan fingerprint density at radius 3 is 2.76 bits per heavy atom. The van der Waals surface area contributed by atoms with E-state index in [1.807, 2.05) is 24.3 Å². The second kappa shape index (κ2) is 8.15. The molecule has 146 valence electrons. The Labute approximate surface area is 170 Å². The van der Waals surface area contributed by atoms with E-state index in [1.165, 1.54) is 11.3 Å². The molecule has 4 aromatic rings. The summed E-state index contributed by atoms with van der Waals surface area (Å²) in [6.45, 7) is 0. The third kappa shape index (κ3) is 3.97. The second-order valence-electron chi connectivity index (χ2n) is 5.95. The van der Waals surface area contributed by atoms with Crippen LogP contribution in [-0.2, 0) is 0 Å². The van der Waals surface area contributed by atoms with E-state index in [-0.39, 0.29) is 17.0 Å². The highest BCUT2D eigenvalue weighted by molar-refractivity contribution is 7.13. The van der Waals surface area contributed by atoms with E-state index in [2.05, 4.69) is 15.3 Å². The summed E-state index contributed by atoms with van der Waals surface area (Å²) in [6.07, 6.45) is 1.62. The summed E-state index contributed by atoms with van der Waals surface area (Å²) < 4.78 is 16.7. The minimum absolute atomic E-state index is 0.157.